The Morgan fingerprint density at radius 2 is 1.17 bits per heavy atom. The van der Waals surface area contributed by atoms with Crippen molar-refractivity contribution in [3.8, 4) is 0 Å². The summed E-state index contributed by atoms with van der Waals surface area (Å²) in [4.78, 5) is 23.7. The van der Waals surface area contributed by atoms with Crippen molar-refractivity contribution in [1.29, 1.82) is 0 Å². The minimum absolute atomic E-state index is 0.00338. The van der Waals surface area contributed by atoms with E-state index in [0.717, 1.165) is 5.56 Å². The first-order chi connectivity index (χ1) is 13.5. The lowest BCUT2D eigenvalue weighted by Crippen LogP contribution is -2.06. The van der Waals surface area contributed by atoms with Crippen molar-refractivity contribution in [2.45, 2.75) is 11.8 Å². The number of benzene rings is 1. The summed E-state index contributed by atoms with van der Waals surface area (Å²) in [5.74, 6) is 0.235. The van der Waals surface area contributed by atoms with Gasteiger partial charge in [0.15, 0.2) is 34.0 Å². The zero-order valence-electron chi connectivity index (χ0n) is 15.0. The van der Waals surface area contributed by atoms with Crippen molar-refractivity contribution in [3.05, 3.63) is 29.8 Å². The van der Waals surface area contributed by atoms with Crippen LogP contribution >= 0.6 is 0 Å². The molecule has 4 aromatic rings. The molecule has 3 aromatic heterocycles. The second kappa shape index (κ2) is 7.25. The summed E-state index contributed by atoms with van der Waals surface area (Å²) < 4.78 is 29.6. The van der Waals surface area contributed by atoms with Crippen LogP contribution in [0.1, 0.15) is 5.56 Å². The molecule has 0 amide bonds. The normalized spacial score (nSPS) is 11.2. The summed E-state index contributed by atoms with van der Waals surface area (Å²) in [6, 6.07) is 5.99. The summed E-state index contributed by atoms with van der Waals surface area (Å²) in [5.41, 5.74) is 24.3. The first-order valence-electron chi connectivity index (χ1n) is 7.88. The molecule has 0 bridgehead atoms. The lowest BCUT2D eigenvalue weighted by Gasteiger charge is -2.04. The van der Waals surface area contributed by atoms with Gasteiger partial charge in [0.1, 0.15) is 0 Å². The molecule has 0 aliphatic rings. The van der Waals surface area contributed by atoms with Crippen molar-refractivity contribution in [3.63, 3.8) is 0 Å². The maximum Gasteiger partial charge on any atom is 0.294 e. The van der Waals surface area contributed by atoms with Crippen molar-refractivity contribution >= 4 is 56.0 Å². The van der Waals surface area contributed by atoms with Crippen LogP contribution in [0.4, 0.5) is 23.5 Å². The first kappa shape index (κ1) is 19.8. The summed E-state index contributed by atoms with van der Waals surface area (Å²) >= 11 is 0. The van der Waals surface area contributed by atoms with Crippen molar-refractivity contribution < 1.29 is 13.0 Å². The van der Waals surface area contributed by atoms with E-state index in [4.69, 9.17) is 27.5 Å². The molecule has 4 rings (SSSR count). The topological polar surface area (TPSA) is 236 Å². The van der Waals surface area contributed by atoms with Crippen molar-refractivity contribution in [2.24, 2.45) is 0 Å². The molecular formula is C15H16N10O3S. The standard InChI is InChI=1S/C8H8N10.C7H8O3S/c9-3-1-5(17-7(11)14-3)16-6-2(13-1)4(10)15-8(12)18-6;1-6-2-4-7(5-3-6)11(8,9)10/h(H8,9,10,11,12,14,15,16,17,18);2-5H,1H3,(H,8,9,10). The molecule has 0 unspecified atom stereocenters. The molecule has 29 heavy (non-hydrogen) atoms. The fourth-order valence-electron chi connectivity index (χ4n) is 2.25. The van der Waals surface area contributed by atoms with Crippen LogP contribution in [0.2, 0.25) is 0 Å². The first-order valence-corrected chi connectivity index (χ1v) is 9.32. The number of hydrogen-bond donors (Lipinski definition) is 5. The van der Waals surface area contributed by atoms with E-state index in [1.54, 1.807) is 12.1 Å². The van der Waals surface area contributed by atoms with Crippen LogP contribution in [0.5, 0.6) is 0 Å². The second-order valence-electron chi connectivity index (χ2n) is 5.79. The average molecular weight is 416 g/mol. The molecule has 150 valence electrons. The van der Waals surface area contributed by atoms with Crippen molar-refractivity contribution in [2.75, 3.05) is 22.9 Å². The molecule has 0 radical (unpaired) electrons. The monoisotopic (exact) mass is 416 g/mol. The quantitative estimate of drug-likeness (QED) is 0.202. The smallest absolute Gasteiger partial charge is 0.294 e. The molecule has 0 saturated carbocycles. The molecule has 0 saturated heterocycles. The number of nitrogen functional groups attached to an aromatic ring is 4. The van der Waals surface area contributed by atoms with Gasteiger partial charge in [-0.15, -0.1) is 0 Å². The van der Waals surface area contributed by atoms with Crippen LogP contribution in [0.3, 0.4) is 0 Å². The molecule has 0 atom stereocenters. The average Bonchev–Trinajstić information content (AvgIpc) is 2.60. The molecule has 13 nitrogen and oxygen atoms in total. The largest absolute Gasteiger partial charge is 0.382 e. The number of fused-ring (bicyclic) bond motifs is 2. The van der Waals surface area contributed by atoms with Crippen molar-refractivity contribution in [1.82, 2.24) is 29.9 Å². The highest BCUT2D eigenvalue weighted by atomic mass is 32.2. The van der Waals surface area contributed by atoms with Crippen LogP contribution in [0.15, 0.2) is 29.2 Å². The summed E-state index contributed by atoms with van der Waals surface area (Å²) in [6.07, 6.45) is 0. The van der Waals surface area contributed by atoms with Crippen LogP contribution in [-0.4, -0.2) is 42.9 Å². The van der Waals surface area contributed by atoms with Gasteiger partial charge in [0.05, 0.1) is 4.90 Å². The van der Waals surface area contributed by atoms with E-state index < -0.39 is 10.1 Å². The minimum atomic E-state index is -4.02. The number of anilines is 4. The molecule has 1 aromatic carbocycles. The Morgan fingerprint density at radius 3 is 1.59 bits per heavy atom. The second-order valence-corrected chi connectivity index (χ2v) is 7.21. The number of nitrogens with two attached hydrogens (primary N) is 4. The Morgan fingerprint density at radius 1 is 0.724 bits per heavy atom. The number of nitrogens with zero attached hydrogens (tertiary/aromatic N) is 6. The molecule has 0 aliphatic carbocycles. The van der Waals surface area contributed by atoms with Gasteiger partial charge in [0, 0.05) is 0 Å². The number of hydrogen-bond acceptors (Lipinski definition) is 12. The van der Waals surface area contributed by atoms with E-state index in [9.17, 15) is 8.42 Å². The SMILES string of the molecule is Cc1ccc(S(=O)(=O)O)cc1.Nc1nc(N)c2nc3c(N)nc(N)nc3nc2n1. The van der Waals surface area contributed by atoms with E-state index in [2.05, 4.69) is 29.9 Å². The lowest BCUT2D eigenvalue weighted by atomic mass is 10.2. The van der Waals surface area contributed by atoms with Gasteiger partial charge in [-0.3, -0.25) is 4.55 Å². The number of aryl methyl sites for hydroxylation is 1. The zero-order chi connectivity index (χ0) is 21.3. The van der Waals surface area contributed by atoms with E-state index in [0.29, 0.717) is 0 Å². The predicted molar refractivity (Wildman–Crippen MR) is 107 cm³/mol. The number of rotatable bonds is 1. The van der Waals surface area contributed by atoms with Gasteiger partial charge in [-0.25, -0.2) is 9.97 Å². The molecular weight excluding hydrogens is 400 g/mol. The van der Waals surface area contributed by atoms with Gasteiger partial charge in [-0.1, -0.05) is 17.7 Å². The summed E-state index contributed by atoms with van der Waals surface area (Å²) in [5, 5.41) is 0. The van der Waals surface area contributed by atoms with Gasteiger partial charge in [0.2, 0.25) is 11.9 Å². The third-order valence-corrected chi connectivity index (χ3v) is 4.44. The Labute approximate surface area is 164 Å². The van der Waals surface area contributed by atoms with Crippen LogP contribution in [-0.2, 0) is 10.1 Å². The highest BCUT2D eigenvalue weighted by Crippen LogP contribution is 2.21. The fraction of sp³-hybridized carbons (Fsp3) is 0.0667. The Hall–Kier alpha value is -3.91. The molecule has 0 aliphatic heterocycles. The fourth-order valence-corrected chi connectivity index (χ4v) is 2.73. The maximum absolute atomic E-state index is 10.5. The van der Waals surface area contributed by atoms with Gasteiger partial charge in [-0.05, 0) is 19.1 Å². The zero-order valence-corrected chi connectivity index (χ0v) is 15.8. The van der Waals surface area contributed by atoms with Crippen LogP contribution in [0.25, 0.3) is 22.3 Å². The molecule has 0 fully saturated rings. The lowest BCUT2D eigenvalue weighted by molar-refractivity contribution is 0.483. The minimum Gasteiger partial charge on any atom is -0.382 e. The highest BCUT2D eigenvalue weighted by molar-refractivity contribution is 7.85. The third-order valence-electron chi connectivity index (χ3n) is 3.57. The summed E-state index contributed by atoms with van der Waals surface area (Å²) in [6.45, 7) is 1.84. The Bertz CT molecular complexity index is 1260. The van der Waals surface area contributed by atoms with E-state index in [-0.39, 0.29) is 50.8 Å². The summed E-state index contributed by atoms with van der Waals surface area (Å²) in [7, 11) is -4.02. The molecule has 3 heterocycles. The van der Waals surface area contributed by atoms with Gasteiger partial charge in [-0.2, -0.15) is 28.4 Å². The predicted octanol–water partition coefficient (Wildman–Crippen LogP) is -0.0665. The van der Waals surface area contributed by atoms with Crippen LogP contribution < -0.4 is 22.9 Å². The highest BCUT2D eigenvalue weighted by Gasteiger charge is 2.12. The molecule has 0 spiro atoms. The Balaban J connectivity index is 0.000000188. The maximum atomic E-state index is 10.5. The molecule has 14 heteroatoms. The van der Waals surface area contributed by atoms with E-state index >= 15 is 0 Å². The third kappa shape index (κ3) is 4.33. The van der Waals surface area contributed by atoms with E-state index in [1.165, 1.54) is 12.1 Å². The Kier molecular flexibility index (Phi) is 4.96. The van der Waals surface area contributed by atoms with Gasteiger partial charge in [0.25, 0.3) is 10.1 Å². The molecule has 9 N–H and O–H groups in total. The van der Waals surface area contributed by atoms with Crippen LogP contribution in [0, 0.1) is 6.92 Å². The van der Waals surface area contributed by atoms with Gasteiger partial charge >= 0.3 is 0 Å². The van der Waals surface area contributed by atoms with Gasteiger partial charge < -0.3 is 22.9 Å². The number of aromatic nitrogens is 6. The van der Waals surface area contributed by atoms with E-state index in [1.807, 2.05) is 6.92 Å².